The Morgan fingerprint density at radius 1 is 1.10 bits per heavy atom. The number of fused-ring (bicyclic) bond motifs is 1. The molecule has 1 unspecified atom stereocenters. The predicted octanol–water partition coefficient (Wildman–Crippen LogP) is 4.35. The van der Waals surface area contributed by atoms with E-state index in [0.717, 1.165) is 24.9 Å². The van der Waals surface area contributed by atoms with Gasteiger partial charge in [0.15, 0.2) is 0 Å². The van der Waals surface area contributed by atoms with E-state index in [4.69, 9.17) is 0 Å². The number of carbonyl (C=O) groups excluding carboxylic acids is 1. The highest BCUT2D eigenvalue weighted by molar-refractivity contribution is 14.1. The summed E-state index contributed by atoms with van der Waals surface area (Å²) in [6, 6.07) is 16.2. The molecule has 1 atom stereocenters. The molecule has 0 bridgehead atoms. The molecular weight excluding hydrogens is 361 g/mol. The van der Waals surface area contributed by atoms with Crippen LogP contribution in [0.4, 0.5) is 5.69 Å². The molecule has 0 saturated carbocycles. The molecule has 3 rings (SSSR count). The largest absolute Gasteiger partial charge is 0.326 e. The number of aryl methyl sites for hydroxylation is 1. The summed E-state index contributed by atoms with van der Waals surface area (Å²) in [5.74, 6) is 0.0950. The zero-order valence-electron chi connectivity index (χ0n) is 11.1. The summed E-state index contributed by atoms with van der Waals surface area (Å²) in [5.41, 5.74) is 3.39. The third-order valence-electron chi connectivity index (χ3n) is 3.80. The Balaban J connectivity index is 1.80. The fourth-order valence-electron chi connectivity index (χ4n) is 2.79. The Bertz CT molecular complexity index is 621. The Kier molecular flexibility index (Phi) is 4.05. The number of anilines is 1. The summed E-state index contributed by atoms with van der Waals surface area (Å²) in [7, 11) is 0. The second-order valence-corrected chi connectivity index (χ2v) is 6.39. The van der Waals surface area contributed by atoms with Crippen LogP contribution >= 0.6 is 22.6 Å². The third kappa shape index (κ3) is 2.87. The summed E-state index contributed by atoms with van der Waals surface area (Å²) in [6.45, 7) is 0. The molecule has 0 heterocycles. The van der Waals surface area contributed by atoms with Crippen LogP contribution in [0.15, 0.2) is 48.5 Å². The first-order valence-corrected chi connectivity index (χ1v) is 7.96. The van der Waals surface area contributed by atoms with Crippen LogP contribution in [-0.2, 0) is 11.2 Å². The van der Waals surface area contributed by atoms with Gasteiger partial charge in [-0.3, -0.25) is 4.79 Å². The van der Waals surface area contributed by atoms with Crippen molar-refractivity contribution in [1.82, 2.24) is 0 Å². The minimum absolute atomic E-state index is 0.0146. The molecule has 0 fully saturated rings. The first kappa shape index (κ1) is 13.6. The highest BCUT2D eigenvalue weighted by atomic mass is 127. The molecule has 3 heteroatoms. The van der Waals surface area contributed by atoms with Crippen LogP contribution in [0.25, 0.3) is 0 Å². The van der Waals surface area contributed by atoms with Crippen molar-refractivity contribution in [3.05, 3.63) is 63.2 Å². The molecule has 1 aliphatic rings. The van der Waals surface area contributed by atoms with Crippen molar-refractivity contribution < 1.29 is 4.79 Å². The highest BCUT2D eigenvalue weighted by Gasteiger charge is 2.26. The maximum atomic E-state index is 12.5. The predicted molar refractivity (Wildman–Crippen MR) is 89.9 cm³/mol. The smallest absolute Gasteiger partial charge is 0.231 e. The van der Waals surface area contributed by atoms with Crippen molar-refractivity contribution >= 4 is 34.2 Å². The van der Waals surface area contributed by atoms with Crippen LogP contribution in [0.5, 0.6) is 0 Å². The molecule has 1 N–H and O–H groups in total. The molecule has 2 aromatic rings. The quantitative estimate of drug-likeness (QED) is 0.775. The monoisotopic (exact) mass is 377 g/mol. The lowest BCUT2D eigenvalue weighted by molar-refractivity contribution is -0.117. The standard InChI is InChI=1S/C17H16INO/c18-13-8-10-14(11-9-13)19-17(20)16-7-3-5-12-4-1-2-6-15(12)16/h1-2,4,6,8-11,16H,3,5,7H2,(H,19,20). The normalized spacial score (nSPS) is 17.4. The number of halogens is 1. The lowest BCUT2D eigenvalue weighted by Crippen LogP contribution is -2.24. The van der Waals surface area contributed by atoms with Crippen LogP contribution in [-0.4, -0.2) is 5.91 Å². The second kappa shape index (κ2) is 5.95. The van der Waals surface area contributed by atoms with Gasteiger partial charge in [0.1, 0.15) is 0 Å². The molecule has 20 heavy (non-hydrogen) atoms. The van der Waals surface area contributed by atoms with Crippen molar-refractivity contribution in [1.29, 1.82) is 0 Å². The van der Waals surface area contributed by atoms with Gasteiger partial charge in [0, 0.05) is 9.26 Å². The molecule has 1 amide bonds. The van der Waals surface area contributed by atoms with E-state index < -0.39 is 0 Å². The van der Waals surface area contributed by atoms with Crippen molar-refractivity contribution in [2.45, 2.75) is 25.2 Å². The van der Waals surface area contributed by atoms with E-state index in [9.17, 15) is 4.79 Å². The zero-order valence-corrected chi connectivity index (χ0v) is 13.3. The average molecular weight is 377 g/mol. The molecular formula is C17H16INO. The SMILES string of the molecule is O=C(Nc1ccc(I)cc1)C1CCCc2ccccc21. The van der Waals surface area contributed by atoms with Gasteiger partial charge in [-0.1, -0.05) is 24.3 Å². The summed E-state index contributed by atoms with van der Waals surface area (Å²) in [4.78, 5) is 12.5. The van der Waals surface area contributed by atoms with Gasteiger partial charge in [0.25, 0.3) is 0 Å². The van der Waals surface area contributed by atoms with Crippen LogP contribution in [0, 0.1) is 3.57 Å². The Morgan fingerprint density at radius 2 is 1.85 bits per heavy atom. The number of benzene rings is 2. The minimum atomic E-state index is -0.0146. The minimum Gasteiger partial charge on any atom is -0.326 e. The molecule has 0 spiro atoms. The summed E-state index contributed by atoms with van der Waals surface area (Å²) >= 11 is 2.26. The van der Waals surface area contributed by atoms with Crippen molar-refractivity contribution in [3.8, 4) is 0 Å². The van der Waals surface area contributed by atoms with E-state index in [1.807, 2.05) is 30.3 Å². The summed E-state index contributed by atoms with van der Waals surface area (Å²) in [6.07, 6.45) is 3.11. The van der Waals surface area contributed by atoms with E-state index in [1.54, 1.807) is 0 Å². The van der Waals surface area contributed by atoms with E-state index >= 15 is 0 Å². The first-order valence-electron chi connectivity index (χ1n) is 6.88. The number of amides is 1. The number of nitrogens with one attached hydrogen (secondary N) is 1. The third-order valence-corrected chi connectivity index (χ3v) is 4.52. The van der Waals surface area contributed by atoms with Gasteiger partial charge in [-0.25, -0.2) is 0 Å². The van der Waals surface area contributed by atoms with E-state index in [0.29, 0.717) is 0 Å². The first-order chi connectivity index (χ1) is 9.74. The van der Waals surface area contributed by atoms with Crippen LogP contribution < -0.4 is 5.32 Å². The molecule has 2 aromatic carbocycles. The lowest BCUT2D eigenvalue weighted by atomic mass is 9.82. The number of rotatable bonds is 2. The topological polar surface area (TPSA) is 29.1 Å². The molecule has 0 radical (unpaired) electrons. The molecule has 2 nitrogen and oxygen atoms in total. The molecule has 0 aromatic heterocycles. The lowest BCUT2D eigenvalue weighted by Gasteiger charge is -2.24. The average Bonchev–Trinajstić information content (AvgIpc) is 2.49. The van der Waals surface area contributed by atoms with Gasteiger partial charge >= 0.3 is 0 Å². The van der Waals surface area contributed by atoms with Crippen molar-refractivity contribution in [2.75, 3.05) is 5.32 Å². The number of hydrogen-bond acceptors (Lipinski definition) is 1. The molecule has 102 valence electrons. The fraction of sp³-hybridized carbons (Fsp3) is 0.235. The van der Waals surface area contributed by atoms with E-state index in [2.05, 4.69) is 46.1 Å². The van der Waals surface area contributed by atoms with Gasteiger partial charge in [0.05, 0.1) is 5.92 Å². The van der Waals surface area contributed by atoms with Gasteiger partial charge in [-0.05, 0) is 77.2 Å². The van der Waals surface area contributed by atoms with Crippen molar-refractivity contribution in [2.24, 2.45) is 0 Å². The van der Waals surface area contributed by atoms with Crippen LogP contribution in [0.3, 0.4) is 0 Å². The fourth-order valence-corrected chi connectivity index (χ4v) is 3.15. The number of carbonyl (C=O) groups is 1. The second-order valence-electron chi connectivity index (χ2n) is 5.14. The Labute approximate surface area is 132 Å². The summed E-state index contributed by atoms with van der Waals surface area (Å²) < 4.78 is 1.17. The van der Waals surface area contributed by atoms with E-state index in [1.165, 1.54) is 14.7 Å². The van der Waals surface area contributed by atoms with E-state index in [-0.39, 0.29) is 11.8 Å². The van der Waals surface area contributed by atoms with Gasteiger partial charge in [-0.15, -0.1) is 0 Å². The molecule has 0 aliphatic heterocycles. The Morgan fingerprint density at radius 3 is 2.65 bits per heavy atom. The van der Waals surface area contributed by atoms with Gasteiger partial charge in [0.2, 0.25) is 5.91 Å². The van der Waals surface area contributed by atoms with Gasteiger partial charge < -0.3 is 5.32 Å². The maximum absolute atomic E-state index is 12.5. The zero-order chi connectivity index (χ0) is 13.9. The summed E-state index contributed by atoms with van der Waals surface area (Å²) in [5, 5.41) is 3.04. The van der Waals surface area contributed by atoms with Gasteiger partial charge in [-0.2, -0.15) is 0 Å². The van der Waals surface area contributed by atoms with Crippen LogP contribution in [0.1, 0.15) is 29.9 Å². The Hall–Kier alpha value is -1.36. The number of hydrogen-bond donors (Lipinski definition) is 1. The molecule has 1 aliphatic carbocycles. The highest BCUT2D eigenvalue weighted by Crippen LogP contribution is 2.32. The maximum Gasteiger partial charge on any atom is 0.231 e. The van der Waals surface area contributed by atoms with Crippen molar-refractivity contribution in [3.63, 3.8) is 0 Å². The van der Waals surface area contributed by atoms with Crippen LogP contribution in [0.2, 0.25) is 0 Å². The molecule has 0 saturated heterocycles.